The van der Waals surface area contributed by atoms with Crippen molar-refractivity contribution in [3.63, 3.8) is 0 Å². The lowest BCUT2D eigenvalue weighted by atomic mass is 10.2. The molecule has 0 unspecified atom stereocenters. The Morgan fingerprint density at radius 2 is 2.15 bits per heavy atom. The minimum absolute atomic E-state index is 0.405. The van der Waals surface area contributed by atoms with E-state index in [1.165, 1.54) is 0 Å². The van der Waals surface area contributed by atoms with E-state index in [-0.39, 0.29) is 0 Å². The minimum atomic E-state index is -1.07. The van der Waals surface area contributed by atoms with Crippen molar-refractivity contribution in [1.82, 2.24) is 9.78 Å². The minimum Gasteiger partial charge on any atom is -0.360 e. The van der Waals surface area contributed by atoms with Crippen molar-refractivity contribution in [2.45, 2.75) is 32.4 Å². The first-order valence-electron chi connectivity index (χ1n) is 6.55. The van der Waals surface area contributed by atoms with Gasteiger partial charge in [0.15, 0.2) is 0 Å². The van der Waals surface area contributed by atoms with Crippen LogP contribution >= 0.6 is 22.6 Å². The summed E-state index contributed by atoms with van der Waals surface area (Å²) in [5.41, 5.74) is 1.51. The maximum atomic E-state index is 9.22. The van der Waals surface area contributed by atoms with Gasteiger partial charge in [0.25, 0.3) is 0 Å². The number of nitriles is 1. The van der Waals surface area contributed by atoms with Crippen LogP contribution in [0.1, 0.15) is 5.56 Å². The number of halogens is 1. The zero-order valence-electron chi connectivity index (χ0n) is 12.0. The predicted molar refractivity (Wildman–Crippen MR) is 91.3 cm³/mol. The van der Waals surface area contributed by atoms with E-state index >= 15 is 0 Å². The normalized spacial score (nSPS) is 11.8. The Kier molecular flexibility index (Phi) is 4.83. The molecule has 0 aliphatic carbocycles. The maximum Gasteiger partial charge on any atom is 0.140 e. The quantitative estimate of drug-likeness (QED) is 0.436. The lowest BCUT2D eigenvalue weighted by molar-refractivity contribution is 0.0814. The fourth-order valence-electron chi connectivity index (χ4n) is 1.91. The van der Waals surface area contributed by atoms with Gasteiger partial charge in [-0.05, 0) is 34.7 Å². The van der Waals surface area contributed by atoms with Gasteiger partial charge in [0.05, 0.1) is 11.1 Å². The number of ether oxygens (including phenoxy) is 1. The Labute approximate surface area is 133 Å². The highest BCUT2D eigenvalue weighted by atomic mass is 127. The molecule has 0 saturated heterocycles. The molecule has 0 fully saturated rings. The van der Waals surface area contributed by atoms with Gasteiger partial charge in [0, 0.05) is 20.1 Å². The first-order chi connectivity index (χ1) is 9.42. The molecule has 0 amide bonds. The van der Waals surface area contributed by atoms with Crippen molar-refractivity contribution >= 4 is 41.6 Å². The molecule has 0 N–H and O–H groups in total. The van der Waals surface area contributed by atoms with Crippen LogP contribution in [0.15, 0.2) is 18.2 Å². The van der Waals surface area contributed by atoms with Gasteiger partial charge in [0.1, 0.15) is 16.5 Å². The Morgan fingerprint density at radius 1 is 1.40 bits per heavy atom. The second kappa shape index (κ2) is 6.24. The van der Waals surface area contributed by atoms with Crippen LogP contribution < -0.4 is 0 Å². The molecule has 0 aliphatic rings. The Morgan fingerprint density at radius 3 is 2.80 bits per heavy atom. The molecule has 0 saturated carbocycles. The second-order valence-corrected chi connectivity index (χ2v) is 12.6. The standard InChI is InChI=1S/C14H18IN3OSi/c1-20(2,3)8-7-19-10-18-13-11(9-16)5-4-6-12(13)14(15)17-18/h4-6H,7-8,10H2,1-3H3. The summed E-state index contributed by atoms with van der Waals surface area (Å²) in [5, 5.41) is 14.7. The highest BCUT2D eigenvalue weighted by Crippen LogP contribution is 2.23. The third-order valence-electron chi connectivity index (χ3n) is 3.06. The molecule has 0 atom stereocenters. The van der Waals surface area contributed by atoms with Crippen LogP contribution in [0.25, 0.3) is 10.9 Å². The van der Waals surface area contributed by atoms with Gasteiger partial charge < -0.3 is 4.74 Å². The van der Waals surface area contributed by atoms with Crippen LogP contribution in [0, 0.1) is 15.0 Å². The fourth-order valence-corrected chi connectivity index (χ4v) is 3.36. The number of fused-ring (bicyclic) bond motifs is 1. The molecule has 4 nitrogen and oxygen atoms in total. The molecule has 6 heteroatoms. The van der Waals surface area contributed by atoms with Crippen LogP contribution in [0.4, 0.5) is 0 Å². The first kappa shape index (κ1) is 15.5. The number of para-hydroxylation sites is 1. The number of nitrogens with zero attached hydrogens (tertiary/aromatic N) is 3. The van der Waals surface area contributed by atoms with E-state index in [1.54, 1.807) is 4.68 Å². The summed E-state index contributed by atoms with van der Waals surface area (Å²) in [6.07, 6.45) is 0. The van der Waals surface area contributed by atoms with E-state index in [2.05, 4.69) is 53.4 Å². The molecule has 1 aromatic carbocycles. The van der Waals surface area contributed by atoms with Gasteiger partial charge in [-0.3, -0.25) is 0 Å². The molecule has 2 aromatic rings. The van der Waals surface area contributed by atoms with Gasteiger partial charge in [-0.2, -0.15) is 10.4 Å². The summed E-state index contributed by atoms with van der Waals surface area (Å²) < 4.78 is 8.44. The average molecular weight is 399 g/mol. The summed E-state index contributed by atoms with van der Waals surface area (Å²) in [6.45, 7) is 8.15. The first-order valence-corrected chi connectivity index (χ1v) is 11.3. The molecule has 1 aromatic heterocycles. The molecule has 106 valence electrons. The SMILES string of the molecule is C[Si](C)(C)CCOCn1nc(I)c2cccc(C#N)c21. The molecule has 0 radical (unpaired) electrons. The predicted octanol–water partition coefficient (Wildman–Crippen LogP) is 3.82. The van der Waals surface area contributed by atoms with Crippen LogP contribution in [-0.4, -0.2) is 24.5 Å². The van der Waals surface area contributed by atoms with Crippen LogP contribution in [-0.2, 0) is 11.5 Å². The van der Waals surface area contributed by atoms with E-state index in [0.29, 0.717) is 12.3 Å². The topological polar surface area (TPSA) is 50.8 Å². The highest BCUT2D eigenvalue weighted by Gasteiger charge is 2.14. The summed E-state index contributed by atoms with van der Waals surface area (Å²) in [7, 11) is -1.07. The zero-order chi connectivity index (χ0) is 14.8. The van der Waals surface area contributed by atoms with Crippen LogP contribution in [0.3, 0.4) is 0 Å². The number of aromatic nitrogens is 2. The summed E-state index contributed by atoms with van der Waals surface area (Å²) in [5.74, 6) is 0. The molecular formula is C14H18IN3OSi. The maximum absolute atomic E-state index is 9.22. The highest BCUT2D eigenvalue weighted by molar-refractivity contribution is 14.1. The number of rotatable bonds is 5. The Bertz CT molecular complexity index is 655. The fraction of sp³-hybridized carbons (Fsp3) is 0.429. The zero-order valence-corrected chi connectivity index (χ0v) is 15.1. The lowest BCUT2D eigenvalue weighted by Gasteiger charge is -2.15. The van der Waals surface area contributed by atoms with Gasteiger partial charge in [-0.25, -0.2) is 4.68 Å². The lowest BCUT2D eigenvalue weighted by Crippen LogP contribution is -2.22. The van der Waals surface area contributed by atoms with Gasteiger partial charge in [0.2, 0.25) is 0 Å². The van der Waals surface area contributed by atoms with Crippen LogP contribution in [0.2, 0.25) is 25.7 Å². The van der Waals surface area contributed by atoms with Crippen molar-refractivity contribution < 1.29 is 4.74 Å². The largest absolute Gasteiger partial charge is 0.360 e. The Hall–Kier alpha value is -0.913. The van der Waals surface area contributed by atoms with E-state index in [9.17, 15) is 5.26 Å². The number of hydrogen-bond donors (Lipinski definition) is 0. The third-order valence-corrected chi connectivity index (χ3v) is 5.56. The summed E-state index contributed by atoms with van der Waals surface area (Å²) in [4.78, 5) is 0. The molecule has 0 spiro atoms. The molecule has 1 heterocycles. The van der Waals surface area contributed by atoms with Crippen molar-refractivity contribution in [3.8, 4) is 6.07 Å². The van der Waals surface area contributed by atoms with E-state index in [1.807, 2.05) is 18.2 Å². The van der Waals surface area contributed by atoms with Crippen molar-refractivity contribution in [2.75, 3.05) is 6.61 Å². The Balaban J connectivity index is 2.17. The molecule has 0 bridgehead atoms. The number of hydrogen-bond acceptors (Lipinski definition) is 3. The van der Waals surface area contributed by atoms with E-state index < -0.39 is 8.07 Å². The smallest absolute Gasteiger partial charge is 0.140 e. The van der Waals surface area contributed by atoms with Crippen molar-refractivity contribution in [1.29, 1.82) is 5.26 Å². The third kappa shape index (κ3) is 3.59. The molecular weight excluding hydrogens is 381 g/mol. The van der Waals surface area contributed by atoms with Crippen LogP contribution in [0.5, 0.6) is 0 Å². The van der Waals surface area contributed by atoms with Gasteiger partial charge in [-0.15, -0.1) is 0 Å². The van der Waals surface area contributed by atoms with E-state index in [0.717, 1.165) is 27.3 Å². The van der Waals surface area contributed by atoms with Gasteiger partial charge in [-0.1, -0.05) is 31.8 Å². The monoisotopic (exact) mass is 399 g/mol. The second-order valence-electron chi connectivity index (χ2n) is 5.95. The molecule has 20 heavy (non-hydrogen) atoms. The summed E-state index contributed by atoms with van der Waals surface area (Å²) >= 11 is 2.20. The molecule has 2 rings (SSSR count). The summed E-state index contributed by atoms with van der Waals surface area (Å²) in [6, 6.07) is 9.06. The van der Waals surface area contributed by atoms with Crippen molar-refractivity contribution in [3.05, 3.63) is 27.5 Å². The van der Waals surface area contributed by atoms with E-state index in [4.69, 9.17) is 4.74 Å². The number of benzene rings is 1. The molecule has 0 aliphatic heterocycles. The van der Waals surface area contributed by atoms with Crippen molar-refractivity contribution in [2.24, 2.45) is 0 Å². The van der Waals surface area contributed by atoms with Gasteiger partial charge >= 0.3 is 0 Å². The average Bonchev–Trinajstić information content (AvgIpc) is 2.71.